The minimum absolute atomic E-state index is 0.322. The van der Waals surface area contributed by atoms with Gasteiger partial charge in [0.1, 0.15) is 12.4 Å². The molecule has 110 valence electrons. The molecular formula is C16H19N3O2. The Balaban J connectivity index is 1.86. The average molecular weight is 285 g/mol. The van der Waals surface area contributed by atoms with Gasteiger partial charge < -0.3 is 10.1 Å². The lowest BCUT2D eigenvalue weighted by molar-refractivity contribution is 0.0954. The highest BCUT2D eigenvalue weighted by molar-refractivity contribution is 5.99. The number of aryl methyl sites for hydroxylation is 1. The monoisotopic (exact) mass is 285 g/mol. The van der Waals surface area contributed by atoms with E-state index in [-0.39, 0.29) is 5.91 Å². The summed E-state index contributed by atoms with van der Waals surface area (Å²) in [5.41, 5.74) is 4.57. The van der Waals surface area contributed by atoms with E-state index >= 15 is 0 Å². The molecule has 0 fully saturated rings. The fourth-order valence-corrected chi connectivity index (χ4v) is 1.90. The first kappa shape index (κ1) is 14.9. The number of rotatable bonds is 6. The first-order valence-corrected chi connectivity index (χ1v) is 6.74. The van der Waals surface area contributed by atoms with E-state index in [1.165, 1.54) is 5.56 Å². The van der Waals surface area contributed by atoms with Crippen LogP contribution in [0.3, 0.4) is 0 Å². The summed E-state index contributed by atoms with van der Waals surface area (Å²) in [6, 6.07) is 15.1. The van der Waals surface area contributed by atoms with Gasteiger partial charge in [-0.15, -0.1) is 0 Å². The van der Waals surface area contributed by atoms with Gasteiger partial charge in [-0.3, -0.25) is 10.2 Å². The summed E-state index contributed by atoms with van der Waals surface area (Å²) < 4.78 is 5.62. The van der Waals surface area contributed by atoms with Crippen LogP contribution >= 0.6 is 0 Å². The Morgan fingerprint density at radius 1 is 1.14 bits per heavy atom. The molecule has 0 saturated carbocycles. The maximum atomic E-state index is 11.6. The predicted molar refractivity (Wildman–Crippen MR) is 83.3 cm³/mol. The molecule has 2 rings (SSSR count). The molecular weight excluding hydrogens is 266 g/mol. The van der Waals surface area contributed by atoms with Crippen molar-refractivity contribution in [3.63, 3.8) is 0 Å². The highest BCUT2D eigenvalue weighted by atomic mass is 16.5. The average Bonchev–Trinajstić information content (AvgIpc) is 2.53. The normalized spacial score (nSPS) is 10.0. The Morgan fingerprint density at radius 2 is 1.86 bits per heavy atom. The zero-order valence-corrected chi connectivity index (χ0v) is 11.9. The lowest BCUT2D eigenvalue weighted by Crippen LogP contribution is -2.30. The molecule has 0 heterocycles. The van der Waals surface area contributed by atoms with Gasteiger partial charge in [0, 0.05) is 12.2 Å². The van der Waals surface area contributed by atoms with Gasteiger partial charge in [0.05, 0.1) is 5.56 Å². The van der Waals surface area contributed by atoms with E-state index in [1.54, 1.807) is 12.1 Å². The van der Waals surface area contributed by atoms with Gasteiger partial charge in [-0.05, 0) is 31.2 Å². The summed E-state index contributed by atoms with van der Waals surface area (Å²) in [4.78, 5) is 11.6. The van der Waals surface area contributed by atoms with Crippen LogP contribution in [0.4, 0.5) is 5.69 Å². The van der Waals surface area contributed by atoms with Crippen LogP contribution in [0, 0.1) is 6.92 Å². The third-order valence-corrected chi connectivity index (χ3v) is 3.01. The number of carbonyl (C=O) groups excluding carboxylic acids is 1. The SMILES string of the molecule is Cc1ccc(OCCNc2ccccc2C(=O)NN)cc1. The van der Waals surface area contributed by atoms with Gasteiger partial charge in [-0.25, -0.2) is 5.84 Å². The summed E-state index contributed by atoms with van der Waals surface area (Å²) >= 11 is 0. The lowest BCUT2D eigenvalue weighted by Gasteiger charge is -2.11. The summed E-state index contributed by atoms with van der Waals surface area (Å²) in [6.45, 7) is 3.12. The van der Waals surface area contributed by atoms with Crippen molar-refractivity contribution >= 4 is 11.6 Å². The molecule has 2 aromatic carbocycles. The van der Waals surface area contributed by atoms with Crippen LogP contribution in [0.5, 0.6) is 5.75 Å². The van der Waals surface area contributed by atoms with Crippen LogP contribution in [-0.4, -0.2) is 19.1 Å². The number of nitrogens with one attached hydrogen (secondary N) is 2. The van der Waals surface area contributed by atoms with Gasteiger partial charge in [0.15, 0.2) is 0 Å². The van der Waals surface area contributed by atoms with Crippen molar-refractivity contribution in [2.45, 2.75) is 6.92 Å². The van der Waals surface area contributed by atoms with Crippen molar-refractivity contribution in [1.82, 2.24) is 5.43 Å². The van der Waals surface area contributed by atoms with Crippen molar-refractivity contribution in [1.29, 1.82) is 0 Å². The van der Waals surface area contributed by atoms with Crippen molar-refractivity contribution in [2.75, 3.05) is 18.5 Å². The van der Waals surface area contributed by atoms with Gasteiger partial charge in [-0.1, -0.05) is 29.8 Å². The van der Waals surface area contributed by atoms with E-state index < -0.39 is 0 Å². The molecule has 0 bridgehead atoms. The van der Waals surface area contributed by atoms with Crippen molar-refractivity contribution in [3.05, 3.63) is 59.7 Å². The van der Waals surface area contributed by atoms with Gasteiger partial charge >= 0.3 is 0 Å². The van der Waals surface area contributed by atoms with Crippen molar-refractivity contribution < 1.29 is 9.53 Å². The minimum atomic E-state index is -0.322. The number of nitrogen functional groups attached to an aromatic ring is 1. The second kappa shape index (κ2) is 7.31. The van der Waals surface area contributed by atoms with Gasteiger partial charge in [0.25, 0.3) is 5.91 Å². The standard InChI is InChI=1S/C16H19N3O2/c1-12-6-8-13(9-7-12)21-11-10-18-15-5-3-2-4-14(15)16(20)19-17/h2-9,18H,10-11,17H2,1H3,(H,19,20). The molecule has 0 aliphatic heterocycles. The number of amides is 1. The molecule has 0 radical (unpaired) electrons. The fraction of sp³-hybridized carbons (Fsp3) is 0.188. The Labute approximate surface area is 124 Å². The molecule has 1 amide bonds. The number of ether oxygens (including phenoxy) is 1. The Morgan fingerprint density at radius 3 is 2.57 bits per heavy atom. The second-order valence-electron chi connectivity index (χ2n) is 4.61. The molecule has 21 heavy (non-hydrogen) atoms. The summed E-state index contributed by atoms with van der Waals surface area (Å²) in [5, 5.41) is 3.17. The molecule has 0 spiro atoms. The summed E-state index contributed by atoms with van der Waals surface area (Å²) in [6.07, 6.45) is 0. The maximum absolute atomic E-state index is 11.6. The largest absolute Gasteiger partial charge is 0.492 e. The number of hydrazine groups is 1. The maximum Gasteiger partial charge on any atom is 0.267 e. The third-order valence-electron chi connectivity index (χ3n) is 3.01. The van der Waals surface area contributed by atoms with Crippen LogP contribution in [0.2, 0.25) is 0 Å². The number of carbonyl (C=O) groups is 1. The van der Waals surface area contributed by atoms with E-state index in [1.807, 2.05) is 43.3 Å². The number of hydrogen-bond donors (Lipinski definition) is 3. The predicted octanol–water partition coefficient (Wildman–Crippen LogP) is 2.09. The third kappa shape index (κ3) is 4.22. The minimum Gasteiger partial charge on any atom is -0.492 e. The molecule has 5 nitrogen and oxygen atoms in total. The highest BCUT2D eigenvalue weighted by Crippen LogP contribution is 2.15. The Kier molecular flexibility index (Phi) is 5.17. The topological polar surface area (TPSA) is 76.4 Å². The fourth-order valence-electron chi connectivity index (χ4n) is 1.90. The van der Waals surface area contributed by atoms with Crippen LogP contribution < -0.4 is 21.3 Å². The van der Waals surface area contributed by atoms with Crippen LogP contribution in [0.15, 0.2) is 48.5 Å². The van der Waals surface area contributed by atoms with Crippen LogP contribution in [0.1, 0.15) is 15.9 Å². The Bertz CT molecular complexity index is 597. The van der Waals surface area contributed by atoms with Crippen LogP contribution in [-0.2, 0) is 0 Å². The number of nitrogens with two attached hydrogens (primary N) is 1. The van der Waals surface area contributed by atoms with E-state index in [2.05, 4.69) is 10.7 Å². The quantitative estimate of drug-likeness (QED) is 0.329. The number of hydrogen-bond acceptors (Lipinski definition) is 4. The molecule has 0 aliphatic rings. The number of para-hydroxylation sites is 1. The van der Waals surface area contributed by atoms with Crippen molar-refractivity contribution in [3.8, 4) is 5.75 Å². The summed E-state index contributed by atoms with van der Waals surface area (Å²) in [5.74, 6) is 5.67. The molecule has 0 aromatic heterocycles. The van der Waals surface area contributed by atoms with E-state index in [0.29, 0.717) is 18.7 Å². The zero-order chi connectivity index (χ0) is 15.1. The number of anilines is 1. The van der Waals surface area contributed by atoms with Gasteiger partial charge in [-0.2, -0.15) is 0 Å². The van der Waals surface area contributed by atoms with Gasteiger partial charge in [0.2, 0.25) is 0 Å². The molecule has 5 heteroatoms. The molecule has 0 atom stereocenters. The highest BCUT2D eigenvalue weighted by Gasteiger charge is 2.08. The van der Waals surface area contributed by atoms with E-state index in [0.717, 1.165) is 11.4 Å². The van der Waals surface area contributed by atoms with Crippen LogP contribution in [0.25, 0.3) is 0 Å². The molecule has 0 saturated heterocycles. The first-order chi connectivity index (χ1) is 10.2. The summed E-state index contributed by atoms with van der Waals surface area (Å²) in [7, 11) is 0. The van der Waals surface area contributed by atoms with E-state index in [9.17, 15) is 4.79 Å². The lowest BCUT2D eigenvalue weighted by atomic mass is 10.1. The molecule has 0 unspecified atom stereocenters. The molecule has 4 N–H and O–H groups in total. The van der Waals surface area contributed by atoms with Crippen molar-refractivity contribution in [2.24, 2.45) is 5.84 Å². The smallest absolute Gasteiger partial charge is 0.267 e. The zero-order valence-electron chi connectivity index (χ0n) is 11.9. The second-order valence-corrected chi connectivity index (χ2v) is 4.61. The molecule has 2 aromatic rings. The molecule has 0 aliphatic carbocycles. The number of benzene rings is 2. The Hall–Kier alpha value is -2.53. The van der Waals surface area contributed by atoms with E-state index in [4.69, 9.17) is 10.6 Å². The first-order valence-electron chi connectivity index (χ1n) is 6.74.